The number of methoxy groups -OCH3 is 1. The van der Waals surface area contributed by atoms with Crippen LogP contribution in [0, 0.1) is 0 Å². The monoisotopic (exact) mass is 330 g/mol. The minimum atomic E-state index is -4.60. The normalized spacial score (nSPS) is 12.8. The molecule has 8 nitrogen and oxygen atoms in total. The van der Waals surface area contributed by atoms with Gasteiger partial charge in [-0.25, -0.2) is 14.2 Å². The third-order valence-electron chi connectivity index (χ3n) is 2.27. The Labute approximate surface area is 126 Å². The molecule has 22 heavy (non-hydrogen) atoms. The van der Waals surface area contributed by atoms with Crippen molar-refractivity contribution in [2.45, 2.75) is 0 Å². The highest BCUT2D eigenvalue weighted by atomic mass is 31.2. The smallest absolute Gasteiger partial charge is 0.497 e. The van der Waals surface area contributed by atoms with Gasteiger partial charge in [-0.15, -0.1) is 0 Å². The summed E-state index contributed by atoms with van der Waals surface area (Å²) in [7, 11) is -3.14. The van der Waals surface area contributed by atoms with E-state index in [-0.39, 0.29) is 12.2 Å². The van der Waals surface area contributed by atoms with Gasteiger partial charge in [0, 0.05) is 6.08 Å². The minimum absolute atomic E-state index is 0.0526. The van der Waals surface area contributed by atoms with Gasteiger partial charge in [-0.1, -0.05) is 6.58 Å². The van der Waals surface area contributed by atoms with Gasteiger partial charge < -0.3 is 14.0 Å². The van der Waals surface area contributed by atoms with Crippen molar-refractivity contribution in [2.24, 2.45) is 0 Å². The molecule has 0 saturated heterocycles. The van der Waals surface area contributed by atoms with Gasteiger partial charge in [0.1, 0.15) is 12.4 Å². The summed E-state index contributed by atoms with van der Waals surface area (Å²) in [6.07, 6.45) is 0.933. The van der Waals surface area contributed by atoms with Gasteiger partial charge in [0.15, 0.2) is 0 Å². The number of hydrogen-bond donors (Lipinski definition) is 1. The second-order valence-corrected chi connectivity index (χ2v) is 5.16. The van der Waals surface area contributed by atoms with Crippen LogP contribution in [0.2, 0.25) is 0 Å². The molecule has 1 N–H and O–H groups in total. The Balaban J connectivity index is 2.48. The van der Waals surface area contributed by atoms with Crippen molar-refractivity contribution in [3.63, 3.8) is 0 Å². The van der Waals surface area contributed by atoms with Crippen LogP contribution in [0.25, 0.3) is 0 Å². The van der Waals surface area contributed by atoms with Crippen molar-refractivity contribution in [2.75, 3.05) is 20.3 Å². The molecule has 1 atom stereocenters. The van der Waals surface area contributed by atoms with E-state index in [0.717, 1.165) is 6.08 Å². The zero-order chi connectivity index (χ0) is 16.6. The largest absolute Gasteiger partial charge is 0.529 e. The van der Waals surface area contributed by atoms with Crippen LogP contribution in [-0.2, 0) is 23.1 Å². The topological polar surface area (TPSA) is 108 Å². The predicted octanol–water partition coefficient (Wildman–Crippen LogP) is 1.70. The van der Waals surface area contributed by atoms with E-state index in [1.54, 1.807) is 0 Å². The molecule has 0 heterocycles. The highest BCUT2D eigenvalue weighted by molar-refractivity contribution is 7.48. The van der Waals surface area contributed by atoms with E-state index in [9.17, 15) is 19.0 Å². The number of carbonyl (C=O) groups excluding carboxylic acids is 2. The van der Waals surface area contributed by atoms with E-state index in [2.05, 4.69) is 20.4 Å². The Kier molecular flexibility index (Phi) is 6.78. The molecule has 0 spiro atoms. The summed E-state index contributed by atoms with van der Waals surface area (Å²) in [4.78, 5) is 31.8. The Morgan fingerprint density at radius 2 is 1.91 bits per heavy atom. The summed E-state index contributed by atoms with van der Waals surface area (Å²) in [5, 5.41) is 0. The number of esters is 1. The standard InChI is InChI=1S/C13H15O8P/c1-3-12(14)19-8-9-20-22(16,17)21-13(15)10-4-6-11(18-2)7-5-10/h3-7H,1,8-9H2,2H3,(H,16,17). The zero-order valence-electron chi connectivity index (χ0n) is 11.8. The third kappa shape index (κ3) is 6.09. The van der Waals surface area contributed by atoms with Crippen LogP contribution >= 0.6 is 7.82 Å². The summed E-state index contributed by atoms with van der Waals surface area (Å²) < 4.78 is 29.9. The third-order valence-corrected chi connectivity index (χ3v) is 3.18. The molecule has 1 rings (SSSR count). The number of phosphoric ester groups is 1. The van der Waals surface area contributed by atoms with Gasteiger partial charge >= 0.3 is 19.8 Å². The lowest BCUT2D eigenvalue weighted by molar-refractivity contribution is -0.138. The molecule has 0 aliphatic rings. The van der Waals surface area contributed by atoms with Crippen LogP contribution in [0.5, 0.6) is 5.75 Å². The van der Waals surface area contributed by atoms with E-state index in [1.165, 1.54) is 31.4 Å². The lowest BCUT2D eigenvalue weighted by atomic mass is 10.2. The first-order valence-corrected chi connectivity index (χ1v) is 7.52. The number of ether oxygens (including phenoxy) is 2. The molecule has 0 aliphatic heterocycles. The molecule has 0 radical (unpaired) electrons. The molecular formula is C13H15O8P. The van der Waals surface area contributed by atoms with Gasteiger partial charge in [0.2, 0.25) is 0 Å². The molecule has 0 bridgehead atoms. The maximum Gasteiger partial charge on any atom is 0.529 e. The van der Waals surface area contributed by atoms with Gasteiger partial charge in [0.05, 0.1) is 19.3 Å². The minimum Gasteiger partial charge on any atom is -0.497 e. The fourth-order valence-corrected chi connectivity index (χ4v) is 1.94. The van der Waals surface area contributed by atoms with E-state index in [4.69, 9.17) is 4.74 Å². The molecular weight excluding hydrogens is 315 g/mol. The molecule has 1 aromatic carbocycles. The zero-order valence-corrected chi connectivity index (χ0v) is 12.7. The highest BCUT2D eigenvalue weighted by Crippen LogP contribution is 2.43. The maximum atomic E-state index is 11.7. The second kappa shape index (κ2) is 8.33. The lowest BCUT2D eigenvalue weighted by Crippen LogP contribution is -2.10. The molecule has 0 fully saturated rings. The molecule has 1 aromatic rings. The van der Waals surface area contributed by atoms with Gasteiger partial charge in [-0.2, -0.15) is 0 Å². The van der Waals surface area contributed by atoms with Crippen LogP contribution in [0.15, 0.2) is 36.9 Å². The van der Waals surface area contributed by atoms with Crippen LogP contribution < -0.4 is 4.74 Å². The van der Waals surface area contributed by atoms with Crippen LogP contribution in [0.1, 0.15) is 10.4 Å². The number of hydrogen-bond acceptors (Lipinski definition) is 7. The number of carbonyl (C=O) groups is 2. The van der Waals surface area contributed by atoms with E-state index >= 15 is 0 Å². The van der Waals surface area contributed by atoms with Crippen LogP contribution in [-0.4, -0.2) is 37.2 Å². The molecule has 0 aliphatic carbocycles. The first-order chi connectivity index (χ1) is 10.4. The summed E-state index contributed by atoms with van der Waals surface area (Å²) in [6.45, 7) is 2.48. The van der Waals surface area contributed by atoms with E-state index < -0.39 is 26.4 Å². The fourth-order valence-electron chi connectivity index (χ4n) is 1.26. The molecule has 9 heteroatoms. The number of benzene rings is 1. The van der Waals surface area contributed by atoms with Crippen molar-refractivity contribution in [1.82, 2.24) is 0 Å². The maximum absolute atomic E-state index is 11.7. The second-order valence-electron chi connectivity index (χ2n) is 3.78. The number of rotatable bonds is 8. The average molecular weight is 330 g/mol. The van der Waals surface area contributed by atoms with Crippen LogP contribution in [0.4, 0.5) is 0 Å². The Morgan fingerprint density at radius 3 is 2.45 bits per heavy atom. The van der Waals surface area contributed by atoms with E-state index in [1.807, 2.05) is 0 Å². The van der Waals surface area contributed by atoms with Gasteiger partial charge in [0.25, 0.3) is 0 Å². The predicted molar refractivity (Wildman–Crippen MR) is 75.3 cm³/mol. The SMILES string of the molecule is C=CC(=O)OCCOP(=O)(O)OC(=O)c1ccc(OC)cc1. The van der Waals surface area contributed by atoms with Crippen LogP contribution in [0.3, 0.4) is 0 Å². The summed E-state index contributed by atoms with van der Waals surface area (Å²) in [5.41, 5.74) is 0.0526. The Morgan fingerprint density at radius 1 is 1.27 bits per heavy atom. The number of phosphoric acid groups is 1. The summed E-state index contributed by atoms with van der Waals surface area (Å²) in [6, 6.07) is 5.73. The highest BCUT2D eigenvalue weighted by Gasteiger charge is 2.27. The Hall–Kier alpha value is -2.15. The lowest BCUT2D eigenvalue weighted by Gasteiger charge is -2.12. The van der Waals surface area contributed by atoms with Crippen molar-refractivity contribution in [1.29, 1.82) is 0 Å². The first-order valence-electron chi connectivity index (χ1n) is 6.02. The first kappa shape index (κ1) is 17.9. The van der Waals surface area contributed by atoms with Crippen molar-refractivity contribution in [3.05, 3.63) is 42.5 Å². The molecule has 0 aromatic heterocycles. The molecule has 1 unspecified atom stereocenters. The van der Waals surface area contributed by atoms with Gasteiger partial charge in [-0.05, 0) is 24.3 Å². The fraction of sp³-hybridized carbons (Fsp3) is 0.231. The summed E-state index contributed by atoms with van der Waals surface area (Å²) >= 11 is 0. The average Bonchev–Trinajstić information content (AvgIpc) is 2.50. The Bertz CT molecular complexity index is 580. The molecule has 0 saturated carbocycles. The molecule has 0 amide bonds. The summed E-state index contributed by atoms with van der Waals surface area (Å²) in [5.74, 6) is -1.22. The van der Waals surface area contributed by atoms with Gasteiger partial charge in [-0.3, -0.25) is 9.42 Å². The van der Waals surface area contributed by atoms with Crippen molar-refractivity contribution in [3.8, 4) is 5.75 Å². The van der Waals surface area contributed by atoms with Crippen molar-refractivity contribution < 1.29 is 37.6 Å². The van der Waals surface area contributed by atoms with Crippen molar-refractivity contribution >= 4 is 19.8 Å². The quantitative estimate of drug-likeness (QED) is 0.332. The van der Waals surface area contributed by atoms with E-state index in [0.29, 0.717) is 5.75 Å². The molecule has 120 valence electrons.